The normalized spacial score (nSPS) is 15.0. The summed E-state index contributed by atoms with van der Waals surface area (Å²) in [6.07, 6.45) is 1.77. The number of carbonyl (C=O) groups is 2. The minimum absolute atomic E-state index is 0.149. The number of imidazole rings is 1. The van der Waals surface area contributed by atoms with E-state index < -0.39 is 0 Å². The number of pyridine rings is 1. The number of aromatic nitrogens is 2. The maximum absolute atomic E-state index is 13.1. The second kappa shape index (κ2) is 7.44. The Kier molecular flexibility index (Phi) is 4.83. The van der Waals surface area contributed by atoms with Gasteiger partial charge >= 0.3 is 0 Å². The van der Waals surface area contributed by atoms with Crippen LogP contribution >= 0.6 is 0 Å². The zero-order chi connectivity index (χ0) is 19.7. The van der Waals surface area contributed by atoms with Crippen LogP contribution in [0.2, 0.25) is 0 Å². The maximum Gasteiger partial charge on any atom is 0.290 e. The minimum Gasteiger partial charge on any atom is -0.333 e. The van der Waals surface area contributed by atoms with Crippen LogP contribution in [0.3, 0.4) is 0 Å². The number of aryl methyl sites for hydroxylation is 1. The first kappa shape index (κ1) is 18.2. The number of anilines is 1. The molecule has 2 amide bonds. The molecule has 0 radical (unpaired) electrons. The lowest BCUT2D eigenvalue weighted by Gasteiger charge is -2.31. The molecule has 3 heterocycles. The van der Waals surface area contributed by atoms with Gasteiger partial charge in [0.2, 0.25) is 5.82 Å². The Morgan fingerprint density at radius 1 is 1.04 bits per heavy atom. The number of piperazine rings is 1. The highest BCUT2D eigenvalue weighted by Crippen LogP contribution is 2.18. The Hall–Kier alpha value is -3.19. The highest BCUT2D eigenvalue weighted by Gasteiger charge is 2.27. The van der Waals surface area contributed by atoms with E-state index in [9.17, 15) is 9.59 Å². The van der Waals surface area contributed by atoms with E-state index in [1.807, 2.05) is 50.4 Å². The largest absolute Gasteiger partial charge is 0.333 e. The molecular formula is C21H23N5O2. The Morgan fingerprint density at radius 2 is 1.82 bits per heavy atom. The number of nitrogens with zero attached hydrogens (tertiary/aromatic N) is 4. The molecule has 1 fully saturated rings. The molecule has 0 saturated carbocycles. The molecule has 7 heteroatoms. The Labute approximate surface area is 163 Å². The summed E-state index contributed by atoms with van der Waals surface area (Å²) in [5.41, 5.74) is 2.62. The topological polar surface area (TPSA) is 70.0 Å². The van der Waals surface area contributed by atoms with Crippen LogP contribution in [0.15, 0.2) is 48.7 Å². The summed E-state index contributed by atoms with van der Waals surface area (Å²) in [7, 11) is 2.04. The molecular weight excluding hydrogens is 354 g/mol. The molecule has 144 valence electrons. The fourth-order valence-electron chi connectivity index (χ4n) is 3.42. The van der Waals surface area contributed by atoms with Crippen LogP contribution < -0.4 is 5.32 Å². The average Bonchev–Trinajstić information content (AvgIpc) is 3.08. The van der Waals surface area contributed by atoms with Gasteiger partial charge in [-0.25, -0.2) is 4.98 Å². The zero-order valence-corrected chi connectivity index (χ0v) is 16.1. The van der Waals surface area contributed by atoms with Gasteiger partial charge in [-0.15, -0.1) is 0 Å². The van der Waals surface area contributed by atoms with E-state index in [4.69, 9.17) is 0 Å². The molecule has 28 heavy (non-hydrogen) atoms. The standard InChI is InChI=1S/C21H23N5O2/c1-15-6-5-7-16(14-15)22-20(27)18-17-8-3-4-9-26(17)19(23-18)21(28)25-12-10-24(2)11-13-25/h3-9,14H,10-13H2,1-2H3,(H,22,27). The summed E-state index contributed by atoms with van der Waals surface area (Å²) in [5, 5.41) is 2.88. The van der Waals surface area contributed by atoms with Crippen LogP contribution in [0, 0.1) is 6.92 Å². The molecule has 2 aromatic heterocycles. The van der Waals surface area contributed by atoms with Crippen LogP contribution in [0.5, 0.6) is 0 Å². The van der Waals surface area contributed by atoms with Gasteiger partial charge in [0.15, 0.2) is 5.69 Å². The smallest absolute Gasteiger partial charge is 0.290 e. The Balaban J connectivity index is 1.66. The van der Waals surface area contributed by atoms with Gasteiger partial charge in [-0.3, -0.25) is 14.0 Å². The number of hydrogen-bond donors (Lipinski definition) is 1. The van der Waals surface area contributed by atoms with Crippen molar-refractivity contribution < 1.29 is 9.59 Å². The van der Waals surface area contributed by atoms with E-state index in [0.717, 1.165) is 18.7 Å². The lowest BCUT2D eigenvalue weighted by Crippen LogP contribution is -2.47. The number of likely N-dealkylation sites (N-methyl/N-ethyl adjacent to an activating group) is 1. The van der Waals surface area contributed by atoms with E-state index in [1.165, 1.54) is 0 Å². The third kappa shape index (κ3) is 3.48. The number of carbonyl (C=O) groups excluding carboxylic acids is 2. The number of hydrogen-bond acceptors (Lipinski definition) is 4. The summed E-state index contributed by atoms with van der Waals surface area (Å²) in [4.78, 5) is 34.4. The van der Waals surface area contributed by atoms with Gasteiger partial charge in [0, 0.05) is 38.1 Å². The van der Waals surface area contributed by atoms with Crippen LogP contribution in [0.4, 0.5) is 5.69 Å². The van der Waals surface area contributed by atoms with Crippen molar-refractivity contribution in [2.75, 3.05) is 38.5 Å². The third-order valence-corrected chi connectivity index (χ3v) is 5.02. The van der Waals surface area contributed by atoms with Crippen molar-refractivity contribution in [1.29, 1.82) is 0 Å². The Morgan fingerprint density at radius 3 is 2.57 bits per heavy atom. The first-order valence-electron chi connectivity index (χ1n) is 9.36. The lowest BCUT2D eigenvalue weighted by atomic mass is 10.2. The molecule has 7 nitrogen and oxygen atoms in total. The van der Waals surface area contributed by atoms with Gasteiger partial charge in [0.05, 0.1) is 5.52 Å². The van der Waals surface area contributed by atoms with E-state index in [-0.39, 0.29) is 23.3 Å². The molecule has 0 atom stereocenters. The molecule has 1 aliphatic heterocycles. The van der Waals surface area contributed by atoms with Crippen LogP contribution in [-0.4, -0.2) is 64.2 Å². The second-order valence-corrected chi connectivity index (χ2v) is 7.16. The van der Waals surface area contributed by atoms with Gasteiger partial charge in [0.25, 0.3) is 11.8 Å². The van der Waals surface area contributed by atoms with Gasteiger partial charge in [-0.05, 0) is 43.8 Å². The fourth-order valence-corrected chi connectivity index (χ4v) is 3.42. The van der Waals surface area contributed by atoms with E-state index in [2.05, 4.69) is 15.2 Å². The van der Waals surface area contributed by atoms with Crippen molar-refractivity contribution in [2.24, 2.45) is 0 Å². The monoisotopic (exact) mass is 377 g/mol. The zero-order valence-electron chi connectivity index (χ0n) is 16.1. The average molecular weight is 377 g/mol. The number of amides is 2. The summed E-state index contributed by atoms with van der Waals surface area (Å²) in [6, 6.07) is 13.1. The van der Waals surface area contributed by atoms with Crippen molar-refractivity contribution in [3.63, 3.8) is 0 Å². The predicted octanol–water partition coefficient (Wildman–Crippen LogP) is 2.28. The minimum atomic E-state index is -0.327. The fraction of sp³-hybridized carbons (Fsp3) is 0.286. The molecule has 0 bridgehead atoms. The van der Waals surface area contributed by atoms with Crippen molar-refractivity contribution >= 4 is 23.0 Å². The molecule has 0 aliphatic carbocycles. The SMILES string of the molecule is Cc1cccc(NC(=O)c2nc(C(=O)N3CCN(C)CC3)n3ccccc23)c1. The Bertz CT molecular complexity index is 1030. The first-order chi connectivity index (χ1) is 13.5. The van der Waals surface area contributed by atoms with E-state index in [1.54, 1.807) is 21.6 Å². The predicted molar refractivity (Wildman–Crippen MR) is 108 cm³/mol. The van der Waals surface area contributed by atoms with E-state index >= 15 is 0 Å². The van der Waals surface area contributed by atoms with Gasteiger partial charge in [0.1, 0.15) is 0 Å². The molecule has 4 rings (SSSR count). The maximum atomic E-state index is 13.1. The molecule has 1 aliphatic rings. The molecule has 0 spiro atoms. The first-order valence-corrected chi connectivity index (χ1v) is 9.36. The van der Waals surface area contributed by atoms with Crippen molar-refractivity contribution in [1.82, 2.24) is 19.2 Å². The van der Waals surface area contributed by atoms with Gasteiger partial charge in [-0.2, -0.15) is 0 Å². The van der Waals surface area contributed by atoms with Crippen molar-refractivity contribution in [3.05, 3.63) is 65.7 Å². The molecule has 0 unspecified atom stereocenters. The number of benzene rings is 1. The van der Waals surface area contributed by atoms with Crippen LogP contribution in [-0.2, 0) is 0 Å². The molecule has 1 saturated heterocycles. The number of rotatable bonds is 3. The summed E-state index contributed by atoms with van der Waals surface area (Å²) in [5.74, 6) is -0.204. The summed E-state index contributed by atoms with van der Waals surface area (Å²) >= 11 is 0. The van der Waals surface area contributed by atoms with E-state index in [0.29, 0.717) is 24.3 Å². The second-order valence-electron chi connectivity index (χ2n) is 7.16. The van der Waals surface area contributed by atoms with Crippen molar-refractivity contribution in [3.8, 4) is 0 Å². The number of fused-ring (bicyclic) bond motifs is 1. The highest BCUT2D eigenvalue weighted by molar-refractivity contribution is 6.09. The van der Waals surface area contributed by atoms with Crippen LogP contribution in [0.1, 0.15) is 26.7 Å². The third-order valence-electron chi connectivity index (χ3n) is 5.02. The molecule has 1 aromatic carbocycles. The van der Waals surface area contributed by atoms with Crippen LogP contribution in [0.25, 0.3) is 5.52 Å². The lowest BCUT2D eigenvalue weighted by molar-refractivity contribution is 0.0651. The quantitative estimate of drug-likeness (QED) is 0.760. The van der Waals surface area contributed by atoms with Gasteiger partial charge < -0.3 is 15.1 Å². The highest BCUT2D eigenvalue weighted by atomic mass is 16.2. The molecule has 3 aromatic rings. The van der Waals surface area contributed by atoms with Crippen molar-refractivity contribution in [2.45, 2.75) is 6.92 Å². The summed E-state index contributed by atoms with van der Waals surface area (Å²) < 4.78 is 1.70. The molecule has 1 N–H and O–H groups in total. The van der Waals surface area contributed by atoms with Gasteiger partial charge in [-0.1, -0.05) is 18.2 Å². The number of nitrogens with one attached hydrogen (secondary N) is 1. The summed E-state index contributed by atoms with van der Waals surface area (Å²) in [6.45, 7) is 4.93.